The van der Waals surface area contributed by atoms with Crippen molar-refractivity contribution in [3.8, 4) is 22.4 Å². The van der Waals surface area contributed by atoms with E-state index < -0.39 is 0 Å². The summed E-state index contributed by atoms with van der Waals surface area (Å²) in [7, 11) is 0. The smallest absolute Gasteiger partial charge is 0.142 e. The fourth-order valence-corrected chi connectivity index (χ4v) is 6.63. The lowest BCUT2D eigenvalue weighted by Crippen LogP contribution is -2.32. The van der Waals surface area contributed by atoms with Crippen LogP contribution in [-0.4, -0.2) is 15.0 Å². The van der Waals surface area contributed by atoms with Gasteiger partial charge in [-0.05, 0) is 65.2 Å². The first-order chi connectivity index (χ1) is 20.1. The topological polar surface area (TPSA) is 41.9 Å². The van der Waals surface area contributed by atoms with Crippen molar-refractivity contribution in [2.75, 3.05) is 4.90 Å². The minimum absolute atomic E-state index is 0.0188. The molecule has 4 heterocycles. The molecule has 0 saturated carbocycles. The lowest BCUT2D eigenvalue weighted by atomic mass is 9.74. The van der Waals surface area contributed by atoms with Crippen molar-refractivity contribution >= 4 is 17.2 Å². The summed E-state index contributed by atoms with van der Waals surface area (Å²) in [6, 6.07) is 40.6. The van der Waals surface area contributed by atoms with Gasteiger partial charge in [0.2, 0.25) is 0 Å². The van der Waals surface area contributed by atoms with E-state index in [0.29, 0.717) is 0 Å². The summed E-state index contributed by atoms with van der Waals surface area (Å²) in [6.45, 7) is 4.63. The fraction of sp³-hybridized carbons (Fsp3) is 0.108. The van der Waals surface area contributed by atoms with E-state index in [1.54, 1.807) is 0 Å². The maximum atomic E-state index is 5.59. The van der Waals surface area contributed by atoms with E-state index in [1.807, 2.05) is 30.6 Å². The molecule has 0 saturated heterocycles. The molecule has 6 aromatic rings. The first-order valence-corrected chi connectivity index (χ1v) is 14.1. The summed E-state index contributed by atoms with van der Waals surface area (Å²) in [5, 5.41) is 0. The van der Waals surface area contributed by atoms with Crippen LogP contribution in [0.5, 0.6) is 0 Å². The van der Waals surface area contributed by atoms with Crippen molar-refractivity contribution in [3.63, 3.8) is 0 Å². The van der Waals surface area contributed by atoms with Crippen molar-refractivity contribution in [2.45, 2.75) is 25.2 Å². The predicted octanol–water partition coefficient (Wildman–Crippen LogP) is 8.81. The van der Waals surface area contributed by atoms with Crippen LogP contribution in [0.2, 0.25) is 0 Å². The minimum atomic E-state index is -0.235. The predicted molar refractivity (Wildman–Crippen MR) is 165 cm³/mol. The number of aromatic nitrogens is 3. The number of pyridine rings is 3. The van der Waals surface area contributed by atoms with Crippen LogP contribution in [0, 0.1) is 0 Å². The van der Waals surface area contributed by atoms with Crippen molar-refractivity contribution < 1.29 is 0 Å². The number of nitrogens with zero attached hydrogens (tertiary/aromatic N) is 4. The molecule has 1 unspecified atom stereocenters. The molecule has 1 aliphatic heterocycles. The summed E-state index contributed by atoms with van der Waals surface area (Å²) >= 11 is 0. The molecule has 3 aromatic heterocycles. The second kappa shape index (κ2) is 8.97. The zero-order chi connectivity index (χ0) is 27.6. The van der Waals surface area contributed by atoms with Gasteiger partial charge in [-0.15, -0.1) is 0 Å². The van der Waals surface area contributed by atoms with Crippen LogP contribution in [0.1, 0.15) is 47.8 Å². The van der Waals surface area contributed by atoms with Crippen molar-refractivity contribution in [3.05, 3.63) is 156 Å². The number of fused-ring (bicyclic) bond motifs is 5. The van der Waals surface area contributed by atoms with Gasteiger partial charge in [-0.3, -0.25) is 14.9 Å². The molecule has 8 rings (SSSR count). The van der Waals surface area contributed by atoms with Crippen LogP contribution in [0.3, 0.4) is 0 Å². The normalized spacial score (nSPS) is 16.0. The van der Waals surface area contributed by atoms with Crippen LogP contribution in [-0.2, 0) is 5.41 Å². The average Bonchev–Trinajstić information content (AvgIpc) is 3.35. The molecule has 3 aromatic carbocycles. The molecule has 196 valence electrons. The Morgan fingerprint density at radius 3 is 2.27 bits per heavy atom. The highest BCUT2D eigenvalue weighted by molar-refractivity contribution is 5.89. The van der Waals surface area contributed by atoms with E-state index in [0.717, 1.165) is 39.8 Å². The van der Waals surface area contributed by atoms with Gasteiger partial charge in [0.05, 0.1) is 28.7 Å². The fourth-order valence-electron chi connectivity index (χ4n) is 6.63. The standard InChI is InChI=1S/C37H28N4/c1-37(2)29-16-5-6-19-33(29)41(25-13-11-12-24(22-25)31-17-7-9-20-38-31)36-30(37)23-28-26-14-3-4-15-27(26)34(35(28)40-36)32-18-8-10-21-39-32/h3-23,34H,1-2H3. The molecule has 0 fully saturated rings. The highest BCUT2D eigenvalue weighted by Gasteiger charge is 2.41. The van der Waals surface area contributed by atoms with Crippen LogP contribution in [0.25, 0.3) is 22.4 Å². The van der Waals surface area contributed by atoms with Crippen molar-refractivity contribution in [2.24, 2.45) is 0 Å². The lowest BCUT2D eigenvalue weighted by Gasteiger charge is -2.41. The van der Waals surface area contributed by atoms with Gasteiger partial charge in [0, 0.05) is 40.2 Å². The molecular formula is C37H28N4. The molecule has 0 amide bonds. The monoisotopic (exact) mass is 528 g/mol. The van der Waals surface area contributed by atoms with Gasteiger partial charge >= 0.3 is 0 Å². The molecule has 1 aliphatic carbocycles. The van der Waals surface area contributed by atoms with Gasteiger partial charge in [-0.1, -0.05) is 80.6 Å². The van der Waals surface area contributed by atoms with Gasteiger partial charge in [-0.25, -0.2) is 4.98 Å². The summed E-state index contributed by atoms with van der Waals surface area (Å²) in [6.07, 6.45) is 3.72. The second-order valence-corrected chi connectivity index (χ2v) is 11.3. The first kappa shape index (κ1) is 23.8. The Labute approximate surface area is 240 Å². The third-order valence-electron chi connectivity index (χ3n) is 8.62. The molecule has 4 nitrogen and oxygen atoms in total. The van der Waals surface area contributed by atoms with E-state index in [9.17, 15) is 0 Å². The molecular weight excluding hydrogens is 500 g/mol. The van der Waals surface area contributed by atoms with Crippen LogP contribution in [0.4, 0.5) is 17.2 Å². The van der Waals surface area contributed by atoms with Crippen molar-refractivity contribution in [1.29, 1.82) is 0 Å². The largest absolute Gasteiger partial charge is 0.294 e. The molecule has 0 bridgehead atoms. The molecule has 0 spiro atoms. The van der Waals surface area contributed by atoms with Gasteiger partial charge < -0.3 is 0 Å². The van der Waals surface area contributed by atoms with Crippen molar-refractivity contribution in [1.82, 2.24) is 15.0 Å². The van der Waals surface area contributed by atoms with Gasteiger partial charge in [0.15, 0.2) is 0 Å². The van der Waals surface area contributed by atoms with Crippen LogP contribution in [0.15, 0.2) is 128 Å². The lowest BCUT2D eigenvalue weighted by molar-refractivity contribution is 0.626. The quantitative estimate of drug-likeness (QED) is 0.230. The zero-order valence-electron chi connectivity index (χ0n) is 23.0. The Morgan fingerprint density at radius 2 is 1.44 bits per heavy atom. The Hall–Kier alpha value is -5.09. The van der Waals surface area contributed by atoms with Gasteiger partial charge in [-0.2, -0.15) is 0 Å². The number of hydrogen-bond donors (Lipinski definition) is 0. The number of hydrogen-bond acceptors (Lipinski definition) is 4. The van der Waals surface area contributed by atoms with E-state index in [4.69, 9.17) is 9.97 Å². The Bertz CT molecular complexity index is 1930. The number of para-hydroxylation sites is 1. The highest BCUT2D eigenvalue weighted by atomic mass is 15.2. The summed E-state index contributed by atoms with van der Waals surface area (Å²) in [4.78, 5) is 17.3. The SMILES string of the molecule is CC1(C)c2ccccc2N(c2cccc(-c3ccccn3)c2)c2nc3c(cc21)-c1ccccc1C3c1ccccn1. The van der Waals surface area contributed by atoms with Crippen LogP contribution >= 0.6 is 0 Å². The summed E-state index contributed by atoms with van der Waals surface area (Å²) in [5.41, 5.74) is 12.3. The first-order valence-electron chi connectivity index (χ1n) is 14.1. The third kappa shape index (κ3) is 3.57. The maximum absolute atomic E-state index is 5.59. The summed E-state index contributed by atoms with van der Waals surface area (Å²) in [5.74, 6) is 0.953. The molecule has 2 aliphatic rings. The Morgan fingerprint density at radius 1 is 0.659 bits per heavy atom. The zero-order valence-corrected chi connectivity index (χ0v) is 23.0. The minimum Gasteiger partial charge on any atom is -0.294 e. The Balaban J connectivity index is 1.40. The molecule has 1 atom stereocenters. The van der Waals surface area contributed by atoms with E-state index >= 15 is 0 Å². The molecule has 4 heteroatoms. The Kier molecular flexibility index (Phi) is 5.20. The number of rotatable bonds is 3. The van der Waals surface area contributed by atoms with E-state index in [-0.39, 0.29) is 11.3 Å². The van der Waals surface area contributed by atoms with E-state index in [1.165, 1.54) is 27.8 Å². The summed E-state index contributed by atoms with van der Waals surface area (Å²) < 4.78 is 0. The van der Waals surface area contributed by atoms with E-state index in [2.05, 4.69) is 121 Å². The van der Waals surface area contributed by atoms with Crippen LogP contribution < -0.4 is 4.90 Å². The maximum Gasteiger partial charge on any atom is 0.142 e. The molecule has 0 N–H and O–H groups in total. The highest BCUT2D eigenvalue weighted by Crippen LogP contribution is 2.55. The molecule has 41 heavy (non-hydrogen) atoms. The number of benzene rings is 3. The average molecular weight is 529 g/mol. The number of anilines is 3. The molecule has 0 radical (unpaired) electrons. The van der Waals surface area contributed by atoms with Gasteiger partial charge in [0.1, 0.15) is 5.82 Å². The second-order valence-electron chi connectivity index (χ2n) is 11.3. The third-order valence-corrected chi connectivity index (χ3v) is 8.62. The van der Waals surface area contributed by atoms with Gasteiger partial charge in [0.25, 0.3) is 0 Å².